The fourth-order valence-corrected chi connectivity index (χ4v) is 4.19. The SMILES string of the molecule is CCOc1ccc(NS(=O)(=O)c2ccc(NC(=S)NC(=O)c3ccc(OCC)cc3)cc2)cc1. The van der Waals surface area contributed by atoms with Crippen molar-refractivity contribution in [3.8, 4) is 11.5 Å². The van der Waals surface area contributed by atoms with Crippen molar-refractivity contribution in [2.45, 2.75) is 18.7 Å². The number of hydrogen-bond donors (Lipinski definition) is 3. The first-order chi connectivity index (χ1) is 16.3. The van der Waals surface area contributed by atoms with Crippen LogP contribution >= 0.6 is 12.2 Å². The molecule has 0 unspecified atom stereocenters. The van der Waals surface area contributed by atoms with Gasteiger partial charge in [-0.25, -0.2) is 8.42 Å². The monoisotopic (exact) mass is 499 g/mol. The van der Waals surface area contributed by atoms with Crippen molar-refractivity contribution in [3.05, 3.63) is 78.4 Å². The first-order valence-electron chi connectivity index (χ1n) is 10.5. The van der Waals surface area contributed by atoms with E-state index in [0.717, 1.165) is 0 Å². The van der Waals surface area contributed by atoms with Gasteiger partial charge in [0.05, 0.1) is 18.1 Å². The lowest BCUT2D eigenvalue weighted by atomic mass is 10.2. The maximum atomic E-state index is 12.7. The Morgan fingerprint density at radius 3 is 1.82 bits per heavy atom. The molecule has 3 rings (SSSR count). The van der Waals surface area contributed by atoms with Crippen molar-refractivity contribution in [1.82, 2.24) is 5.32 Å². The van der Waals surface area contributed by atoms with E-state index in [4.69, 9.17) is 21.7 Å². The van der Waals surface area contributed by atoms with Gasteiger partial charge in [0.2, 0.25) is 0 Å². The van der Waals surface area contributed by atoms with Crippen LogP contribution in [0.2, 0.25) is 0 Å². The van der Waals surface area contributed by atoms with E-state index in [9.17, 15) is 13.2 Å². The molecule has 0 heterocycles. The lowest BCUT2D eigenvalue weighted by molar-refractivity contribution is 0.0977. The van der Waals surface area contributed by atoms with Gasteiger partial charge in [-0.05, 0) is 98.9 Å². The third kappa shape index (κ3) is 6.93. The molecule has 8 nitrogen and oxygen atoms in total. The van der Waals surface area contributed by atoms with Crippen LogP contribution in [0.25, 0.3) is 0 Å². The zero-order chi connectivity index (χ0) is 24.6. The molecule has 178 valence electrons. The highest BCUT2D eigenvalue weighted by Gasteiger charge is 2.15. The van der Waals surface area contributed by atoms with Gasteiger partial charge < -0.3 is 14.8 Å². The topological polar surface area (TPSA) is 106 Å². The van der Waals surface area contributed by atoms with Crippen molar-refractivity contribution in [2.75, 3.05) is 23.3 Å². The van der Waals surface area contributed by atoms with Crippen LogP contribution in [0.15, 0.2) is 77.7 Å². The summed E-state index contributed by atoms with van der Waals surface area (Å²) in [5, 5.41) is 5.54. The summed E-state index contributed by atoms with van der Waals surface area (Å²) in [7, 11) is -3.78. The van der Waals surface area contributed by atoms with Gasteiger partial charge in [0.1, 0.15) is 11.5 Å². The van der Waals surface area contributed by atoms with Crippen molar-refractivity contribution in [3.63, 3.8) is 0 Å². The highest BCUT2D eigenvalue weighted by atomic mass is 32.2. The molecule has 0 aliphatic rings. The van der Waals surface area contributed by atoms with Crippen LogP contribution in [0.5, 0.6) is 11.5 Å². The standard InChI is InChI=1S/C24H25N3O5S2/c1-3-31-20-11-5-17(6-12-20)23(28)26-24(33)25-18-9-15-22(16-10-18)34(29,30)27-19-7-13-21(14-8-19)32-4-2/h5-16,27H,3-4H2,1-2H3,(H2,25,26,28,33). The third-order valence-corrected chi connectivity index (χ3v) is 6.10. The summed E-state index contributed by atoms with van der Waals surface area (Å²) in [5.41, 5.74) is 1.37. The number of rotatable bonds is 9. The molecule has 0 radical (unpaired) electrons. The van der Waals surface area contributed by atoms with Gasteiger partial charge in [-0.1, -0.05) is 0 Å². The zero-order valence-electron chi connectivity index (χ0n) is 18.7. The summed E-state index contributed by atoms with van der Waals surface area (Å²) in [6, 6.07) is 19.3. The smallest absolute Gasteiger partial charge is 0.261 e. The number of carbonyl (C=O) groups is 1. The largest absolute Gasteiger partial charge is 0.494 e. The van der Waals surface area contributed by atoms with E-state index >= 15 is 0 Å². The van der Waals surface area contributed by atoms with Crippen molar-refractivity contribution < 1.29 is 22.7 Å². The Hall–Kier alpha value is -3.63. The third-order valence-electron chi connectivity index (χ3n) is 4.49. The number of nitrogens with one attached hydrogen (secondary N) is 3. The Kier molecular flexibility index (Phi) is 8.44. The highest BCUT2D eigenvalue weighted by molar-refractivity contribution is 7.92. The van der Waals surface area contributed by atoms with E-state index < -0.39 is 10.0 Å². The van der Waals surface area contributed by atoms with Gasteiger partial charge in [-0.3, -0.25) is 14.8 Å². The van der Waals surface area contributed by atoms with Crippen LogP contribution in [0.4, 0.5) is 11.4 Å². The molecule has 3 aromatic rings. The first kappa shape index (κ1) is 25.0. The van der Waals surface area contributed by atoms with Crippen LogP contribution in [-0.2, 0) is 10.0 Å². The second-order valence-corrected chi connectivity index (χ2v) is 9.04. The van der Waals surface area contributed by atoms with Gasteiger partial charge in [0.25, 0.3) is 15.9 Å². The molecule has 0 aliphatic heterocycles. The number of ether oxygens (including phenoxy) is 2. The minimum atomic E-state index is -3.78. The molecule has 1 amide bonds. The van der Waals surface area contributed by atoms with Crippen LogP contribution in [0, 0.1) is 0 Å². The lowest BCUT2D eigenvalue weighted by Crippen LogP contribution is -2.34. The normalized spacial score (nSPS) is 10.8. The minimum absolute atomic E-state index is 0.0799. The fourth-order valence-electron chi connectivity index (χ4n) is 2.92. The quantitative estimate of drug-likeness (QED) is 0.375. The molecule has 3 N–H and O–H groups in total. The second kappa shape index (κ2) is 11.5. The van der Waals surface area contributed by atoms with Gasteiger partial charge in [0.15, 0.2) is 5.11 Å². The Morgan fingerprint density at radius 2 is 1.29 bits per heavy atom. The molecule has 34 heavy (non-hydrogen) atoms. The van der Waals surface area contributed by atoms with E-state index in [1.807, 2.05) is 13.8 Å². The molecular weight excluding hydrogens is 474 g/mol. The van der Waals surface area contributed by atoms with Gasteiger partial charge in [0, 0.05) is 16.9 Å². The number of anilines is 2. The molecule has 0 fully saturated rings. The molecule has 0 bridgehead atoms. The molecule has 3 aromatic carbocycles. The maximum Gasteiger partial charge on any atom is 0.261 e. The Balaban J connectivity index is 1.57. The number of thiocarbonyl (C=S) groups is 1. The summed E-state index contributed by atoms with van der Waals surface area (Å²) in [6.45, 7) is 4.82. The first-order valence-corrected chi connectivity index (χ1v) is 12.4. The van der Waals surface area contributed by atoms with Gasteiger partial charge in [-0.15, -0.1) is 0 Å². The molecule has 0 aliphatic carbocycles. The van der Waals surface area contributed by atoms with E-state index in [0.29, 0.717) is 41.7 Å². The summed E-state index contributed by atoms with van der Waals surface area (Å²) >= 11 is 5.19. The molecule has 0 saturated carbocycles. The number of carbonyl (C=O) groups excluding carboxylic acids is 1. The van der Waals surface area contributed by atoms with E-state index in [2.05, 4.69) is 15.4 Å². The summed E-state index contributed by atoms with van der Waals surface area (Å²) in [5.74, 6) is 0.956. The number of hydrogen-bond acceptors (Lipinski definition) is 6. The van der Waals surface area contributed by atoms with Crippen LogP contribution in [0.3, 0.4) is 0 Å². The zero-order valence-corrected chi connectivity index (χ0v) is 20.3. The molecule has 0 atom stereocenters. The average Bonchev–Trinajstić information content (AvgIpc) is 2.81. The van der Waals surface area contributed by atoms with E-state index in [1.54, 1.807) is 60.7 Å². The number of sulfonamides is 1. The summed E-state index contributed by atoms with van der Waals surface area (Å²) in [4.78, 5) is 12.4. The van der Waals surface area contributed by atoms with Crippen LogP contribution in [-0.4, -0.2) is 32.7 Å². The Bertz CT molecular complexity index is 1230. The van der Waals surface area contributed by atoms with Crippen molar-refractivity contribution in [2.24, 2.45) is 0 Å². The van der Waals surface area contributed by atoms with Gasteiger partial charge in [-0.2, -0.15) is 0 Å². The van der Waals surface area contributed by atoms with Crippen LogP contribution < -0.4 is 24.8 Å². The molecule has 0 aromatic heterocycles. The van der Waals surface area contributed by atoms with Gasteiger partial charge >= 0.3 is 0 Å². The molecule has 0 spiro atoms. The van der Waals surface area contributed by atoms with E-state index in [-0.39, 0.29) is 15.9 Å². The molecule has 10 heteroatoms. The minimum Gasteiger partial charge on any atom is -0.494 e. The predicted molar refractivity (Wildman–Crippen MR) is 136 cm³/mol. The van der Waals surface area contributed by atoms with Crippen LogP contribution in [0.1, 0.15) is 24.2 Å². The summed E-state index contributed by atoms with van der Waals surface area (Å²) in [6.07, 6.45) is 0. The highest BCUT2D eigenvalue weighted by Crippen LogP contribution is 2.21. The number of benzene rings is 3. The summed E-state index contributed by atoms with van der Waals surface area (Å²) < 4.78 is 38.6. The van der Waals surface area contributed by atoms with E-state index in [1.165, 1.54) is 12.1 Å². The Labute approximate surface area is 204 Å². The Morgan fingerprint density at radius 1 is 0.794 bits per heavy atom. The number of amides is 1. The molecule has 0 saturated heterocycles. The van der Waals surface area contributed by atoms with Crippen molar-refractivity contribution in [1.29, 1.82) is 0 Å². The molecular formula is C24H25N3O5S2. The predicted octanol–water partition coefficient (Wildman–Crippen LogP) is 4.41. The fraction of sp³-hybridized carbons (Fsp3) is 0.167. The maximum absolute atomic E-state index is 12.7. The average molecular weight is 500 g/mol. The van der Waals surface area contributed by atoms with Crippen molar-refractivity contribution >= 4 is 44.6 Å². The second-order valence-electron chi connectivity index (χ2n) is 6.95. The lowest BCUT2D eigenvalue weighted by Gasteiger charge is -2.12.